The summed E-state index contributed by atoms with van der Waals surface area (Å²) in [6.45, 7) is 6.97. The molecule has 3 heterocycles. The van der Waals surface area contributed by atoms with Crippen LogP contribution in [0.4, 0.5) is 5.13 Å². The van der Waals surface area contributed by atoms with Crippen molar-refractivity contribution in [3.63, 3.8) is 0 Å². The fourth-order valence-corrected chi connectivity index (χ4v) is 5.76. The van der Waals surface area contributed by atoms with Gasteiger partial charge in [-0.3, -0.25) is 14.5 Å². The number of methoxy groups -OCH3 is 1. The Morgan fingerprint density at radius 2 is 1.83 bits per heavy atom. The minimum atomic E-state index is -1.10. The summed E-state index contributed by atoms with van der Waals surface area (Å²) in [6.07, 6.45) is 0.787. The largest absolute Gasteiger partial charge is 0.507 e. The molecule has 0 spiro atoms. The van der Waals surface area contributed by atoms with Crippen molar-refractivity contribution < 1.29 is 43.2 Å². The minimum absolute atomic E-state index is 0.102. The number of nitrogens with zero attached hydrogens (tertiary/aromatic N) is 2. The zero-order valence-corrected chi connectivity index (χ0v) is 24.4. The minimum Gasteiger partial charge on any atom is -0.507 e. The van der Waals surface area contributed by atoms with Gasteiger partial charge in [-0.05, 0) is 56.2 Å². The van der Waals surface area contributed by atoms with Gasteiger partial charge in [0.05, 0.1) is 37.6 Å². The Labute approximate surface area is 246 Å². The molecule has 1 saturated heterocycles. The first-order chi connectivity index (χ1) is 20.3. The first-order valence-electron chi connectivity index (χ1n) is 13.4. The average molecular weight is 595 g/mol. The number of rotatable bonds is 9. The predicted octanol–water partition coefficient (Wildman–Crippen LogP) is 4.82. The number of ketones is 1. The number of esters is 1. The number of benzene rings is 2. The second kappa shape index (κ2) is 12.1. The molecule has 1 fully saturated rings. The van der Waals surface area contributed by atoms with Gasteiger partial charge in [-0.25, -0.2) is 9.78 Å². The molecule has 2 aliphatic rings. The van der Waals surface area contributed by atoms with Crippen molar-refractivity contribution >= 4 is 39.9 Å². The number of amides is 1. The van der Waals surface area contributed by atoms with Crippen LogP contribution in [0.3, 0.4) is 0 Å². The van der Waals surface area contributed by atoms with Gasteiger partial charge in [0.25, 0.3) is 5.78 Å². The molecule has 5 rings (SSSR count). The van der Waals surface area contributed by atoms with Crippen LogP contribution in [-0.2, 0) is 14.3 Å². The molecule has 0 radical (unpaired) electrons. The Morgan fingerprint density at radius 1 is 1.07 bits per heavy atom. The quantitative estimate of drug-likeness (QED) is 0.159. The number of carbonyl (C=O) groups excluding carboxylic acids is 3. The van der Waals surface area contributed by atoms with Gasteiger partial charge in [-0.2, -0.15) is 0 Å². The maximum atomic E-state index is 13.6. The number of Topliss-reactive ketones (excluding diaryl/α,β-unsaturated/α-hetero) is 1. The van der Waals surface area contributed by atoms with E-state index < -0.39 is 29.5 Å². The number of hydrogen-bond donors (Lipinski definition) is 1. The number of hydrogen-bond acceptors (Lipinski definition) is 11. The topological polar surface area (TPSA) is 134 Å². The van der Waals surface area contributed by atoms with Crippen molar-refractivity contribution in [2.45, 2.75) is 33.2 Å². The van der Waals surface area contributed by atoms with E-state index in [2.05, 4.69) is 4.98 Å². The fraction of sp³-hybridized carbons (Fsp3) is 0.333. The number of aliphatic hydroxyl groups excluding tert-OH is 1. The number of ether oxygens (including phenoxy) is 5. The van der Waals surface area contributed by atoms with Crippen LogP contribution in [0.2, 0.25) is 0 Å². The Morgan fingerprint density at radius 3 is 2.55 bits per heavy atom. The van der Waals surface area contributed by atoms with Gasteiger partial charge in [-0.15, -0.1) is 0 Å². The van der Waals surface area contributed by atoms with Crippen molar-refractivity contribution in [1.82, 2.24) is 4.98 Å². The Hall–Kier alpha value is -4.58. The number of aliphatic hydroxyl groups is 1. The SMILES string of the molecule is CCCOc1ccc(C2/C(=C(\O)c3ccc4c(c3)OCCO4)C(=O)C(=O)N2c2nc(C)c(C(=O)OC)s2)cc1OCC. The third kappa shape index (κ3) is 5.25. The molecule has 11 nitrogen and oxygen atoms in total. The molecular weight excluding hydrogens is 564 g/mol. The summed E-state index contributed by atoms with van der Waals surface area (Å²) in [5.74, 6) is -1.00. The Kier molecular flexibility index (Phi) is 8.34. The highest BCUT2D eigenvalue weighted by molar-refractivity contribution is 7.17. The number of aromatic nitrogens is 1. The zero-order valence-electron chi connectivity index (χ0n) is 23.6. The van der Waals surface area contributed by atoms with Crippen LogP contribution < -0.4 is 23.8 Å². The lowest BCUT2D eigenvalue weighted by atomic mass is 9.95. The third-order valence-corrected chi connectivity index (χ3v) is 7.80. The van der Waals surface area contributed by atoms with Gasteiger partial charge in [0.1, 0.15) is 23.9 Å². The molecule has 1 aromatic heterocycles. The van der Waals surface area contributed by atoms with Crippen molar-refractivity contribution in [3.8, 4) is 23.0 Å². The molecule has 0 aliphatic carbocycles. The smallest absolute Gasteiger partial charge is 0.350 e. The molecule has 3 aromatic rings. The summed E-state index contributed by atoms with van der Waals surface area (Å²) < 4.78 is 27.8. The third-order valence-electron chi connectivity index (χ3n) is 6.67. The molecule has 2 aromatic carbocycles. The van der Waals surface area contributed by atoms with E-state index in [0.717, 1.165) is 17.8 Å². The van der Waals surface area contributed by atoms with E-state index in [1.54, 1.807) is 43.3 Å². The van der Waals surface area contributed by atoms with Gasteiger partial charge >= 0.3 is 11.9 Å². The molecule has 12 heteroatoms. The summed E-state index contributed by atoms with van der Waals surface area (Å²) in [6, 6.07) is 8.76. The summed E-state index contributed by atoms with van der Waals surface area (Å²) in [5.41, 5.74) is 0.912. The van der Waals surface area contributed by atoms with Gasteiger partial charge in [0.15, 0.2) is 28.1 Å². The monoisotopic (exact) mass is 594 g/mol. The summed E-state index contributed by atoms with van der Waals surface area (Å²) in [5, 5.41) is 11.7. The standard InChI is InChI=1S/C30H30N2O9S/c1-5-11-39-19-9-7-17(14-21(19)38-6-2)24-23(25(33)18-8-10-20-22(15-18)41-13-12-40-20)26(34)28(35)32(24)30-31-16(3)27(42-30)29(36)37-4/h7-10,14-15,24,33H,5-6,11-13H2,1-4H3/b25-23+. The van der Waals surface area contributed by atoms with E-state index in [1.807, 2.05) is 13.8 Å². The van der Waals surface area contributed by atoms with Crippen molar-refractivity contribution in [2.75, 3.05) is 38.4 Å². The predicted molar refractivity (Wildman–Crippen MR) is 154 cm³/mol. The second-order valence-corrected chi connectivity index (χ2v) is 10.4. The van der Waals surface area contributed by atoms with Gasteiger partial charge in [0, 0.05) is 5.56 Å². The lowest BCUT2D eigenvalue weighted by Crippen LogP contribution is -2.29. The Balaban J connectivity index is 1.70. The number of fused-ring (bicyclic) bond motifs is 1. The first-order valence-corrected chi connectivity index (χ1v) is 14.3. The van der Waals surface area contributed by atoms with E-state index >= 15 is 0 Å². The van der Waals surface area contributed by atoms with Crippen LogP contribution >= 0.6 is 11.3 Å². The number of carbonyl (C=O) groups is 3. The maximum Gasteiger partial charge on any atom is 0.350 e. The number of aryl methyl sites for hydroxylation is 1. The van der Waals surface area contributed by atoms with Gasteiger partial charge in [0.2, 0.25) is 0 Å². The molecule has 220 valence electrons. The normalized spacial score (nSPS) is 17.3. The lowest BCUT2D eigenvalue weighted by Gasteiger charge is -2.24. The fourth-order valence-electron chi connectivity index (χ4n) is 4.75. The lowest BCUT2D eigenvalue weighted by molar-refractivity contribution is -0.132. The van der Waals surface area contributed by atoms with Crippen LogP contribution in [0.1, 0.15) is 52.8 Å². The summed E-state index contributed by atoms with van der Waals surface area (Å²) in [7, 11) is 1.25. The van der Waals surface area contributed by atoms with E-state index in [4.69, 9.17) is 23.7 Å². The highest BCUT2D eigenvalue weighted by Crippen LogP contribution is 2.46. The molecule has 1 atom stereocenters. The molecule has 1 amide bonds. The highest BCUT2D eigenvalue weighted by Gasteiger charge is 2.48. The van der Waals surface area contributed by atoms with Crippen LogP contribution in [0, 0.1) is 6.92 Å². The number of anilines is 1. The first kappa shape index (κ1) is 28.9. The summed E-state index contributed by atoms with van der Waals surface area (Å²) >= 11 is 0.921. The molecule has 1 N–H and O–H groups in total. The molecule has 1 unspecified atom stereocenters. The van der Waals surface area contributed by atoms with Gasteiger partial charge < -0.3 is 28.8 Å². The van der Waals surface area contributed by atoms with Crippen molar-refractivity contribution in [3.05, 3.63) is 63.7 Å². The van der Waals surface area contributed by atoms with E-state index in [1.165, 1.54) is 12.0 Å². The van der Waals surface area contributed by atoms with Crippen LogP contribution in [0.15, 0.2) is 42.0 Å². The van der Waals surface area contributed by atoms with Crippen LogP contribution in [-0.4, -0.2) is 61.3 Å². The second-order valence-electron chi connectivity index (χ2n) is 9.42. The number of thiazole rings is 1. The molecule has 0 saturated carbocycles. The van der Waals surface area contributed by atoms with Crippen molar-refractivity contribution in [1.29, 1.82) is 0 Å². The van der Waals surface area contributed by atoms with Crippen molar-refractivity contribution in [2.24, 2.45) is 0 Å². The molecular formula is C30H30N2O9S. The highest BCUT2D eigenvalue weighted by atomic mass is 32.1. The molecule has 2 aliphatic heterocycles. The van der Waals surface area contributed by atoms with Gasteiger partial charge in [-0.1, -0.05) is 24.3 Å². The van der Waals surface area contributed by atoms with E-state index in [0.29, 0.717) is 60.7 Å². The zero-order chi connectivity index (χ0) is 30.0. The van der Waals surface area contributed by atoms with E-state index in [9.17, 15) is 19.5 Å². The summed E-state index contributed by atoms with van der Waals surface area (Å²) in [4.78, 5) is 45.4. The average Bonchev–Trinajstić information content (AvgIpc) is 3.51. The molecule has 42 heavy (non-hydrogen) atoms. The maximum absolute atomic E-state index is 13.6. The van der Waals surface area contributed by atoms with Crippen LogP contribution in [0.5, 0.6) is 23.0 Å². The Bertz CT molecular complexity index is 1580. The van der Waals surface area contributed by atoms with Crippen LogP contribution in [0.25, 0.3) is 5.76 Å². The molecule has 0 bridgehead atoms. The van der Waals surface area contributed by atoms with E-state index in [-0.39, 0.29) is 21.1 Å².